The summed E-state index contributed by atoms with van der Waals surface area (Å²) in [4.78, 5) is 0. The smallest absolute Gasteiger partial charge is 0.119 e. The topological polar surface area (TPSA) is 79.2 Å². The van der Waals surface area contributed by atoms with E-state index in [1.807, 2.05) is 36.4 Å². The third-order valence-corrected chi connectivity index (χ3v) is 4.38. The molecule has 5 heteroatoms. The van der Waals surface area contributed by atoms with E-state index in [1.165, 1.54) is 0 Å². The van der Waals surface area contributed by atoms with Crippen LogP contribution in [0.1, 0.15) is 31.4 Å². The van der Waals surface area contributed by atoms with Crippen LogP contribution in [-0.4, -0.2) is 47.9 Å². The first-order chi connectivity index (χ1) is 12.5. The number of ether oxygens (including phenoxy) is 2. The molecule has 0 radical (unpaired) electrons. The van der Waals surface area contributed by atoms with Gasteiger partial charge in [0.1, 0.15) is 24.2 Å². The highest BCUT2D eigenvalue weighted by molar-refractivity contribution is 5.41. The summed E-state index contributed by atoms with van der Waals surface area (Å²) < 4.78 is 11.0. The standard InChI is InChI=1S/C21H28O5/c1-21(2,16-4-8-19(9-5-16)25-13-3-12-22)17-6-10-20(11-7-17)26-15-18(24)14-23/h4-11,18,22-24H,3,12-15H2,1-2H3. The molecular weight excluding hydrogens is 332 g/mol. The van der Waals surface area contributed by atoms with E-state index >= 15 is 0 Å². The highest BCUT2D eigenvalue weighted by atomic mass is 16.5. The zero-order valence-corrected chi connectivity index (χ0v) is 15.4. The molecule has 2 rings (SSSR count). The van der Waals surface area contributed by atoms with Crippen LogP contribution in [0.5, 0.6) is 11.5 Å². The molecule has 0 aliphatic carbocycles. The van der Waals surface area contributed by atoms with Gasteiger partial charge in [-0.25, -0.2) is 0 Å². The van der Waals surface area contributed by atoms with Crippen LogP contribution in [-0.2, 0) is 5.41 Å². The van der Waals surface area contributed by atoms with Gasteiger partial charge in [-0.2, -0.15) is 0 Å². The summed E-state index contributed by atoms with van der Waals surface area (Å²) in [6.45, 7) is 4.69. The van der Waals surface area contributed by atoms with E-state index in [4.69, 9.17) is 19.7 Å². The fourth-order valence-corrected chi connectivity index (χ4v) is 2.60. The average Bonchev–Trinajstić information content (AvgIpc) is 2.67. The van der Waals surface area contributed by atoms with Crippen molar-refractivity contribution < 1.29 is 24.8 Å². The molecule has 0 saturated heterocycles. The highest BCUT2D eigenvalue weighted by Gasteiger charge is 2.23. The molecule has 5 nitrogen and oxygen atoms in total. The van der Waals surface area contributed by atoms with Crippen molar-refractivity contribution in [2.24, 2.45) is 0 Å². The van der Waals surface area contributed by atoms with E-state index < -0.39 is 6.10 Å². The molecule has 26 heavy (non-hydrogen) atoms. The van der Waals surface area contributed by atoms with E-state index in [0.717, 1.165) is 16.9 Å². The van der Waals surface area contributed by atoms with Crippen LogP contribution in [0.4, 0.5) is 0 Å². The Balaban J connectivity index is 2.04. The van der Waals surface area contributed by atoms with Crippen LogP contribution < -0.4 is 9.47 Å². The first kappa shape index (κ1) is 20.2. The first-order valence-electron chi connectivity index (χ1n) is 8.84. The van der Waals surface area contributed by atoms with Gasteiger partial charge in [0.15, 0.2) is 0 Å². The van der Waals surface area contributed by atoms with Crippen LogP contribution in [0.15, 0.2) is 48.5 Å². The van der Waals surface area contributed by atoms with Crippen molar-refractivity contribution in [3.63, 3.8) is 0 Å². The lowest BCUT2D eigenvalue weighted by Gasteiger charge is -2.26. The Morgan fingerprint density at radius 1 is 0.846 bits per heavy atom. The van der Waals surface area contributed by atoms with Crippen LogP contribution in [0.2, 0.25) is 0 Å². The summed E-state index contributed by atoms with van der Waals surface area (Å²) in [5, 5.41) is 27.0. The Hall–Kier alpha value is -2.08. The Kier molecular flexibility index (Phi) is 7.45. The monoisotopic (exact) mass is 360 g/mol. The van der Waals surface area contributed by atoms with Crippen LogP contribution in [0, 0.1) is 0 Å². The Morgan fingerprint density at radius 3 is 1.81 bits per heavy atom. The van der Waals surface area contributed by atoms with Crippen molar-refractivity contribution in [3.8, 4) is 11.5 Å². The molecule has 0 aliphatic rings. The van der Waals surface area contributed by atoms with Crippen LogP contribution in [0.3, 0.4) is 0 Å². The van der Waals surface area contributed by atoms with Gasteiger partial charge in [0.25, 0.3) is 0 Å². The number of aliphatic hydroxyl groups is 3. The van der Waals surface area contributed by atoms with Crippen molar-refractivity contribution in [2.75, 3.05) is 26.4 Å². The highest BCUT2D eigenvalue weighted by Crippen LogP contribution is 2.33. The summed E-state index contributed by atoms with van der Waals surface area (Å²) in [5.74, 6) is 1.45. The fourth-order valence-electron chi connectivity index (χ4n) is 2.60. The van der Waals surface area contributed by atoms with Gasteiger partial charge in [0, 0.05) is 18.4 Å². The van der Waals surface area contributed by atoms with Crippen molar-refractivity contribution in [3.05, 3.63) is 59.7 Å². The number of rotatable bonds is 10. The van der Waals surface area contributed by atoms with Gasteiger partial charge in [-0.1, -0.05) is 38.1 Å². The quantitative estimate of drug-likeness (QED) is 0.568. The Morgan fingerprint density at radius 2 is 1.35 bits per heavy atom. The maximum absolute atomic E-state index is 9.34. The second-order valence-electron chi connectivity index (χ2n) is 6.75. The first-order valence-corrected chi connectivity index (χ1v) is 8.84. The van der Waals surface area contributed by atoms with E-state index in [9.17, 15) is 5.11 Å². The Labute approximate surface area is 154 Å². The average molecular weight is 360 g/mol. The van der Waals surface area contributed by atoms with Gasteiger partial charge in [-0.15, -0.1) is 0 Å². The molecule has 2 aromatic rings. The summed E-state index contributed by atoms with van der Waals surface area (Å²) in [7, 11) is 0. The number of benzene rings is 2. The molecular formula is C21H28O5. The van der Waals surface area contributed by atoms with Crippen molar-refractivity contribution in [2.45, 2.75) is 31.8 Å². The van der Waals surface area contributed by atoms with E-state index in [0.29, 0.717) is 18.8 Å². The van der Waals surface area contributed by atoms with Gasteiger partial charge in [0.2, 0.25) is 0 Å². The zero-order valence-electron chi connectivity index (χ0n) is 15.4. The van der Waals surface area contributed by atoms with Gasteiger partial charge in [-0.05, 0) is 35.4 Å². The Bertz CT molecular complexity index is 649. The van der Waals surface area contributed by atoms with Crippen molar-refractivity contribution in [1.82, 2.24) is 0 Å². The zero-order chi connectivity index (χ0) is 19.0. The maximum Gasteiger partial charge on any atom is 0.119 e. The summed E-state index contributed by atoms with van der Waals surface area (Å²) >= 11 is 0. The summed E-state index contributed by atoms with van der Waals surface area (Å²) in [6, 6.07) is 15.7. The number of aliphatic hydroxyl groups excluding tert-OH is 3. The van der Waals surface area contributed by atoms with Gasteiger partial charge < -0.3 is 24.8 Å². The minimum atomic E-state index is -0.871. The van der Waals surface area contributed by atoms with Crippen molar-refractivity contribution in [1.29, 1.82) is 0 Å². The molecule has 0 heterocycles. The lowest BCUT2D eigenvalue weighted by Crippen LogP contribution is -2.21. The molecule has 0 aromatic heterocycles. The van der Waals surface area contributed by atoms with E-state index in [2.05, 4.69) is 26.0 Å². The summed E-state index contributed by atoms with van der Waals surface area (Å²) in [6.07, 6.45) is -0.249. The van der Waals surface area contributed by atoms with Gasteiger partial charge in [-0.3, -0.25) is 0 Å². The van der Waals surface area contributed by atoms with Crippen molar-refractivity contribution >= 4 is 0 Å². The molecule has 0 amide bonds. The third-order valence-electron chi connectivity index (χ3n) is 4.38. The molecule has 0 fully saturated rings. The second kappa shape index (κ2) is 9.57. The number of hydrogen-bond donors (Lipinski definition) is 3. The van der Waals surface area contributed by atoms with Crippen LogP contribution in [0.25, 0.3) is 0 Å². The molecule has 1 atom stereocenters. The molecule has 142 valence electrons. The van der Waals surface area contributed by atoms with E-state index in [1.54, 1.807) is 0 Å². The normalized spacial score (nSPS) is 12.7. The molecule has 0 bridgehead atoms. The fraction of sp³-hybridized carbons (Fsp3) is 0.429. The molecule has 2 aromatic carbocycles. The SMILES string of the molecule is CC(C)(c1ccc(OCCCO)cc1)c1ccc(OCC(O)CO)cc1. The second-order valence-corrected chi connectivity index (χ2v) is 6.75. The van der Waals surface area contributed by atoms with Gasteiger partial charge >= 0.3 is 0 Å². The molecule has 3 N–H and O–H groups in total. The molecule has 0 aliphatic heterocycles. The minimum absolute atomic E-state index is 0.0665. The van der Waals surface area contributed by atoms with Crippen LogP contribution >= 0.6 is 0 Å². The third kappa shape index (κ3) is 5.46. The maximum atomic E-state index is 9.34. The number of hydrogen-bond acceptors (Lipinski definition) is 5. The molecule has 1 unspecified atom stereocenters. The van der Waals surface area contributed by atoms with Gasteiger partial charge in [0.05, 0.1) is 13.2 Å². The lowest BCUT2D eigenvalue weighted by molar-refractivity contribution is 0.0536. The summed E-state index contributed by atoms with van der Waals surface area (Å²) in [5.41, 5.74) is 2.12. The largest absolute Gasteiger partial charge is 0.494 e. The van der Waals surface area contributed by atoms with E-state index in [-0.39, 0.29) is 25.2 Å². The molecule has 0 saturated carbocycles. The predicted molar refractivity (Wildman–Crippen MR) is 101 cm³/mol. The minimum Gasteiger partial charge on any atom is -0.494 e. The lowest BCUT2D eigenvalue weighted by atomic mass is 9.78. The molecule has 0 spiro atoms. The predicted octanol–water partition coefficient (Wildman–Crippen LogP) is 2.51.